The van der Waals surface area contributed by atoms with Crippen LogP contribution >= 0.6 is 0 Å². The summed E-state index contributed by atoms with van der Waals surface area (Å²) in [7, 11) is 0. The molecule has 1 nitrogen and oxygen atoms in total. The predicted molar refractivity (Wildman–Crippen MR) is 36.2 cm³/mol. The Morgan fingerprint density at radius 1 is 1.62 bits per heavy atom. The smallest absolute Gasteiger partial charge is 0.167 e. The van der Waals surface area contributed by atoms with Crippen LogP contribution in [0.5, 0.6) is 0 Å². The zero-order valence-electron chi connectivity index (χ0n) is 5.06. The zero-order chi connectivity index (χ0) is 6.41. The maximum Gasteiger partial charge on any atom is 0.167 e. The van der Waals surface area contributed by atoms with Gasteiger partial charge in [-0.25, -0.2) is 4.58 Å². The Morgan fingerprint density at radius 2 is 2.25 bits per heavy atom. The highest BCUT2D eigenvalue weighted by molar-refractivity contribution is 5.14. The first-order valence-electron chi connectivity index (χ1n) is 2.47. The highest BCUT2D eigenvalue weighted by Crippen LogP contribution is 1.71. The van der Waals surface area contributed by atoms with E-state index in [0.717, 1.165) is 6.54 Å². The summed E-state index contributed by atoms with van der Waals surface area (Å²) < 4.78 is 1.82. The van der Waals surface area contributed by atoms with Gasteiger partial charge >= 0.3 is 0 Å². The topological polar surface area (TPSA) is 3.01 Å². The minimum atomic E-state index is 0.700. The molecule has 0 aromatic carbocycles. The Morgan fingerprint density at radius 3 is 2.62 bits per heavy atom. The van der Waals surface area contributed by atoms with Crippen LogP contribution in [0.3, 0.4) is 0 Å². The Labute approximate surface area is 50.7 Å². The maximum atomic E-state index is 3.68. The number of rotatable bonds is 4. The lowest BCUT2D eigenvalue weighted by Crippen LogP contribution is -2.08. The molecule has 1 heteroatoms. The van der Waals surface area contributed by atoms with Crippen molar-refractivity contribution < 1.29 is 4.58 Å². The van der Waals surface area contributed by atoms with E-state index in [9.17, 15) is 0 Å². The van der Waals surface area contributed by atoms with E-state index >= 15 is 0 Å². The van der Waals surface area contributed by atoms with Gasteiger partial charge < -0.3 is 0 Å². The largest absolute Gasteiger partial charge is 0.234 e. The summed E-state index contributed by atoms with van der Waals surface area (Å²) in [5, 5.41) is 0. The molecule has 0 aromatic heterocycles. The molecule has 0 bridgehead atoms. The molecular weight excluding hydrogens is 98.1 g/mol. The van der Waals surface area contributed by atoms with Gasteiger partial charge in [0.05, 0.1) is 0 Å². The molecule has 0 atom stereocenters. The van der Waals surface area contributed by atoms with E-state index in [0.29, 0.717) is 6.54 Å². The van der Waals surface area contributed by atoms with Crippen LogP contribution in [-0.4, -0.2) is 24.4 Å². The van der Waals surface area contributed by atoms with E-state index in [2.05, 4.69) is 26.0 Å². The van der Waals surface area contributed by atoms with Crippen LogP contribution in [0.4, 0.5) is 0 Å². The zero-order valence-corrected chi connectivity index (χ0v) is 5.06. The molecule has 0 unspecified atom stereocenters. The maximum absolute atomic E-state index is 3.68. The molecule has 43 valence electrons. The van der Waals surface area contributed by atoms with Crippen LogP contribution in [0.2, 0.25) is 0 Å². The predicted octanol–water partition coefficient (Wildman–Crippen LogP) is 0.875. The minimum Gasteiger partial charge on any atom is -0.234 e. The molecule has 0 aromatic rings. The molecule has 1 radical (unpaired) electrons. The Balaban J connectivity index is 3.32. The van der Waals surface area contributed by atoms with Gasteiger partial charge in [-0.1, -0.05) is 13.2 Å². The van der Waals surface area contributed by atoms with Crippen molar-refractivity contribution in [3.8, 4) is 0 Å². The second-order valence-electron chi connectivity index (χ2n) is 1.55. The van der Waals surface area contributed by atoms with Gasteiger partial charge in [0.25, 0.3) is 0 Å². The third-order valence-corrected chi connectivity index (χ3v) is 0.723. The van der Waals surface area contributed by atoms with Crippen LogP contribution < -0.4 is 0 Å². The van der Waals surface area contributed by atoms with E-state index in [1.165, 1.54) is 0 Å². The first-order valence-corrected chi connectivity index (χ1v) is 2.47. The lowest BCUT2D eigenvalue weighted by molar-refractivity contribution is -0.500. The van der Waals surface area contributed by atoms with E-state index in [1.54, 1.807) is 6.08 Å². The Kier molecular flexibility index (Phi) is 3.85. The summed E-state index contributed by atoms with van der Waals surface area (Å²) in [6, 6.07) is 0. The summed E-state index contributed by atoms with van der Waals surface area (Å²) >= 11 is 0. The van der Waals surface area contributed by atoms with Crippen molar-refractivity contribution in [3.63, 3.8) is 0 Å². The Bertz CT molecular complexity index is 91.0. The molecule has 0 spiro atoms. The van der Waals surface area contributed by atoms with Gasteiger partial charge in [-0.2, -0.15) is 0 Å². The van der Waals surface area contributed by atoms with Gasteiger partial charge in [0.15, 0.2) is 13.1 Å². The average molecular weight is 109 g/mol. The van der Waals surface area contributed by atoms with Crippen molar-refractivity contribution in [1.82, 2.24) is 0 Å². The molecule has 0 fully saturated rings. The fraction of sp³-hybridized carbons (Fsp3) is 0.286. The van der Waals surface area contributed by atoms with Crippen molar-refractivity contribution in [1.29, 1.82) is 0 Å². The molecule has 0 N–H and O–H groups in total. The van der Waals surface area contributed by atoms with Crippen LogP contribution in [-0.2, 0) is 0 Å². The van der Waals surface area contributed by atoms with Crippen LogP contribution in [0.15, 0.2) is 19.2 Å². The van der Waals surface area contributed by atoms with Crippen molar-refractivity contribution >= 4 is 6.72 Å². The summed E-state index contributed by atoms with van der Waals surface area (Å²) in [6.45, 7) is 12.2. The van der Waals surface area contributed by atoms with Gasteiger partial charge in [0.2, 0.25) is 0 Å². The fourth-order valence-electron chi connectivity index (χ4n) is 0.405. The van der Waals surface area contributed by atoms with E-state index < -0.39 is 0 Å². The average Bonchev–Trinajstić information content (AvgIpc) is 1.68. The second-order valence-corrected chi connectivity index (χ2v) is 1.55. The highest BCUT2D eigenvalue weighted by Gasteiger charge is 1.88. The highest BCUT2D eigenvalue weighted by atomic mass is 15.0. The first kappa shape index (κ1) is 7.15. The quantitative estimate of drug-likeness (QED) is 0.286. The molecule has 0 heterocycles. The molecule has 0 aliphatic heterocycles. The van der Waals surface area contributed by atoms with Gasteiger partial charge in [0, 0.05) is 6.08 Å². The fourth-order valence-corrected chi connectivity index (χ4v) is 0.405. The monoisotopic (exact) mass is 109 g/mol. The number of hydrogen-bond acceptors (Lipinski definition) is 0. The SMILES string of the molecule is C=[C]C[N+](=C)CC=C. The summed E-state index contributed by atoms with van der Waals surface area (Å²) in [5.74, 6) is 0. The standard InChI is InChI=1S/C7H11N/c1-4-6-8(3)7-5-2/h4H,1-3,6-7H2/q+1. The summed E-state index contributed by atoms with van der Waals surface area (Å²) in [5.41, 5.74) is 0. The summed E-state index contributed by atoms with van der Waals surface area (Å²) in [4.78, 5) is 0. The lowest BCUT2D eigenvalue weighted by atomic mass is 10.5. The van der Waals surface area contributed by atoms with Crippen molar-refractivity contribution in [2.75, 3.05) is 13.1 Å². The van der Waals surface area contributed by atoms with E-state index in [1.807, 2.05) is 4.58 Å². The third kappa shape index (κ3) is 3.34. The van der Waals surface area contributed by atoms with E-state index in [-0.39, 0.29) is 0 Å². The molecule has 8 heavy (non-hydrogen) atoms. The van der Waals surface area contributed by atoms with Crippen LogP contribution in [0.1, 0.15) is 0 Å². The van der Waals surface area contributed by atoms with Crippen molar-refractivity contribution in [2.24, 2.45) is 0 Å². The molecule has 0 amide bonds. The van der Waals surface area contributed by atoms with Gasteiger partial charge in [0.1, 0.15) is 6.72 Å². The minimum absolute atomic E-state index is 0.700. The van der Waals surface area contributed by atoms with Gasteiger partial charge in [-0.05, 0) is 6.08 Å². The van der Waals surface area contributed by atoms with Crippen LogP contribution in [0.25, 0.3) is 0 Å². The molecule has 0 saturated heterocycles. The van der Waals surface area contributed by atoms with Crippen molar-refractivity contribution in [2.45, 2.75) is 0 Å². The van der Waals surface area contributed by atoms with Crippen LogP contribution in [0, 0.1) is 6.08 Å². The van der Waals surface area contributed by atoms with Gasteiger partial charge in [-0.3, -0.25) is 0 Å². The van der Waals surface area contributed by atoms with Gasteiger partial charge in [-0.15, -0.1) is 0 Å². The molecule has 0 aliphatic carbocycles. The first-order chi connectivity index (χ1) is 3.81. The molecule has 0 aliphatic rings. The number of hydrogen-bond donors (Lipinski definition) is 0. The van der Waals surface area contributed by atoms with Crippen molar-refractivity contribution in [3.05, 3.63) is 25.3 Å². The summed E-state index contributed by atoms with van der Waals surface area (Å²) in [6.07, 6.45) is 4.51. The second kappa shape index (κ2) is 4.31. The third-order valence-electron chi connectivity index (χ3n) is 0.723. The molecular formula is C7H11N+. The van der Waals surface area contributed by atoms with E-state index in [4.69, 9.17) is 0 Å². The molecule has 0 rings (SSSR count). The number of nitrogens with zero attached hydrogens (tertiary/aromatic N) is 1. The lowest BCUT2D eigenvalue weighted by Gasteiger charge is -1.88. The Hall–Kier alpha value is -0.850. The normalized spacial score (nSPS) is 8.00. The molecule has 0 saturated carbocycles.